The molecule has 0 aliphatic carbocycles. The van der Waals surface area contributed by atoms with Crippen LogP contribution in [0.5, 0.6) is 0 Å². The van der Waals surface area contributed by atoms with E-state index < -0.39 is 11.6 Å². The Morgan fingerprint density at radius 2 is 2.08 bits per heavy atom. The Bertz CT molecular complexity index is 412. The van der Waals surface area contributed by atoms with Crippen LogP contribution < -0.4 is 0 Å². The zero-order valence-electron chi connectivity index (χ0n) is 6.55. The minimum absolute atomic E-state index is 0.0278. The van der Waals surface area contributed by atoms with Crippen LogP contribution >= 0.6 is 0 Å². The molecule has 0 saturated carbocycles. The van der Waals surface area contributed by atoms with Gasteiger partial charge in [0.15, 0.2) is 11.6 Å². The van der Waals surface area contributed by atoms with Gasteiger partial charge in [0.1, 0.15) is 11.5 Å². The lowest BCUT2D eigenvalue weighted by atomic mass is 10.0. The molecule has 0 spiro atoms. The standard InChI is InChI=1S/C9H5F2NO/c10-5-3-6-8(13)1-2-12-9(6)7(11)4-5/h2-4H,1H2. The quantitative estimate of drug-likeness (QED) is 0.603. The molecule has 0 unspecified atom stereocenters. The summed E-state index contributed by atoms with van der Waals surface area (Å²) in [7, 11) is 0. The highest BCUT2D eigenvalue weighted by atomic mass is 19.1. The van der Waals surface area contributed by atoms with Crippen molar-refractivity contribution in [3.8, 4) is 0 Å². The molecule has 0 aromatic heterocycles. The zero-order chi connectivity index (χ0) is 9.42. The maximum Gasteiger partial charge on any atom is 0.170 e. The van der Waals surface area contributed by atoms with E-state index in [1.165, 1.54) is 6.21 Å². The van der Waals surface area contributed by atoms with Crippen LogP contribution in [0.3, 0.4) is 0 Å². The molecule has 0 amide bonds. The minimum atomic E-state index is -0.792. The second-order valence-corrected chi connectivity index (χ2v) is 2.72. The van der Waals surface area contributed by atoms with E-state index in [-0.39, 0.29) is 23.5 Å². The summed E-state index contributed by atoms with van der Waals surface area (Å²) in [6.07, 6.45) is 1.43. The van der Waals surface area contributed by atoms with E-state index in [1.54, 1.807) is 0 Å². The Morgan fingerprint density at radius 3 is 2.85 bits per heavy atom. The fourth-order valence-corrected chi connectivity index (χ4v) is 1.24. The van der Waals surface area contributed by atoms with Gasteiger partial charge in [-0.2, -0.15) is 0 Å². The van der Waals surface area contributed by atoms with Crippen LogP contribution in [0.1, 0.15) is 16.8 Å². The van der Waals surface area contributed by atoms with Crippen molar-refractivity contribution in [2.75, 3.05) is 0 Å². The summed E-state index contributed by atoms with van der Waals surface area (Å²) in [4.78, 5) is 14.9. The summed E-state index contributed by atoms with van der Waals surface area (Å²) >= 11 is 0. The van der Waals surface area contributed by atoms with Crippen LogP contribution in [-0.2, 0) is 0 Å². The normalized spacial score (nSPS) is 14.5. The van der Waals surface area contributed by atoms with Gasteiger partial charge in [0, 0.05) is 24.3 Å². The highest BCUT2D eigenvalue weighted by molar-refractivity contribution is 6.10. The Hall–Kier alpha value is -1.58. The molecule has 0 bridgehead atoms. The second kappa shape index (κ2) is 2.73. The third-order valence-corrected chi connectivity index (χ3v) is 1.83. The number of rotatable bonds is 0. The lowest BCUT2D eigenvalue weighted by Crippen LogP contribution is -2.06. The van der Waals surface area contributed by atoms with E-state index in [4.69, 9.17) is 0 Å². The molecule has 2 nitrogen and oxygen atoms in total. The SMILES string of the molecule is O=C1CC=Nc2c(F)cc(F)cc21. The molecule has 1 aliphatic heterocycles. The molecule has 0 N–H and O–H groups in total. The summed E-state index contributed by atoms with van der Waals surface area (Å²) in [5.41, 5.74) is -0.0300. The van der Waals surface area contributed by atoms with Gasteiger partial charge in [0.25, 0.3) is 0 Å². The molecule has 0 radical (unpaired) electrons. The van der Waals surface area contributed by atoms with Gasteiger partial charge in [0.2, 0.25) is 0 Å². The first kappa shape index (κ1) is 8.04. The molecule has 0 fully saturated rings. The van der Waals surface area contributed by atoms with E-state index in [9.17, 15) is 13.6 Å². The van der Waals surface area contributed by atoms with Crippen LogP contribution in [0.2, 0.25) is 0 Å². The number of carbonyl (C=O) groups excluding carboxylic acids is 1. The molecule has 1 aliphatic rings. The molecule has 1 heterocycles. The second-order valence-electron chi connectivity index (χ2n) is 2.72. The summed E-state index contributed by atoms with van der Waals surface area (Å²) < 4.78 is 25.7. The fraction of sp³-hybridized carbons (Fsp3) is 0.111. The first-order valence-corrected chi connectivity index (χ1v) is 3.73. The number of hydrogen-bond donors (Lipinski definition) is 0. The maximum atomic E-state index is 13.0. The number of Topliss-reactive ketones (excluding diaryl/α,β-unsaturated/α-hetero) is 1. The van der Waals surface area contributed by atoms with E-state index in [2.05, 4.69) is 4.99 Å². The van der Waals surface area contributed by atoms with Crippen molar-refractivity contribution in [3.63, 3.8) is 0 Å². The minimum Gasteiger partial charge on any atom is -0.294 e. The Balaban J connectivity index is 2.71. The van der Waals surface area contributed by atoms with Crippen molar-refractivity contribution in [2.24, 2.45) is 4.99 Å². The zero-order valence-corrected chi connectivity index (χ0v) is 6.55. The predicted molar refractivity (Wildman–Crippen MR) is 43.5 cm³/mol. The molecule has 0 atom stereocenters. The van der Waals surface area contributed by atoms with E-state index in [0.29, 0.717) is 0 Å². The molecular weight excluding hydrogens is 176 g/mol. The number of hydrogen-bond acceptors (Lipinski definition) is 2. The van der Waals surface area contributed by atoms with Gasteiger partial charge >= 0.3 is 0 Å². The van der Waals surface area contributed by atoms with Crippen molar-refractivity contribution in [1.82, 2.24) is 0 Å². The molecule has 66 valence electrons. The van der Waals surface area contributed by atoms with Crippen molar-refractivity contribution >= 4 is 17.7 Å². The number of benzene rings is 1. The molecule has 4 heteroatoms. The number of aliphatic imine (C=N–C) groups is 1. The molecule has 1 aromatic rings. The monoisotopic (exact) mass is 181 g/mol. The molecule has 2 rings (SSSR count). The Kier molecular flexibility index (Phi) is 1.69. The number of fused-ring (bicyclic) bond motifs is 1. The van der Waals surface area contributed by atoms with Gasteiger partial charge in [-0.05, 0) is 6.07 Å². The number of nitrogens with zero attached hydrogens (tertiary/aromatic N) is 1. The average Bonchev–Trinajstić information content (AvgIpc) is 2.07. The molecule has 1 aromatic carbocycles. The van der Waals surface area contributed by atoms with Gasteiger partial charge in [-0.15, -0.1) is 0 Å². The van der Waals surface area contributed by atoms with Crippen LogP contribution in [0, 0.1) is 11.6 Å². The summed E-state index contributed by atoms with van der Waals surface area (Å²) in [5.74, 6) is -1.84. The van der Waals surface area contributed by atoms with Gasteiger partial charge in [0.05, 0.1) is 0 Å². The van der Waals surface area contributed by atoms with Crippen LogP contribution in [0.25, 0.3) is 0 Å². The Labute approximate surface area is 72.9 Å². The maximum absolute atomic E-state index is 13.0. The number of ketones is 1. The third kappa shape index (κ3) is 1.24. The fourth-order valence-electron chi connectivity index (χ4n) is 1.24. The van der Waals surface area contributed by atoms with Crippen LogP contribution in [0.4, 0.5) is 14.5 Å². The molecule has 0 saturated heterocycles. The topological polar surface area (TPSA) is 29.4 Å². The highest BCUT2D eigenvalue weighted by Crippen LogP contribution is 2.27. The first-order chi connectivity index (χ1) is 6.18. The lowest BCUT2D eigenvalue weighted by molar-refractivity contribution is 0.1000. The van der Waals surface area contributed by atoms with E-state index in [1.807, 2.05) is 0 Å². The van der Waals surface area contributed by atoms with Gasteiger partial charge in [-0.25, -0.2) is 8.78 Å². The van der Waals surface area contributed by atoms with Crippen LogP contribution in [-0.4, -0.2) is 12.0 Å². The van der Waals surface area contributed by atoms with Crippen molar-refractivity contribution in [1.29, 1.82) is 0 Å². The predicted octanol–water partition coefficient (Wildman–Crippen LogP) is 2.25. The van der Waals surface area contributed by atoms with Crippen LogP contribution in [0.15, 0.2) is 17.1 Å². The van der Waals surface area contributed by atoms with Gasteiger partial charge in [-0.3, -0.25) is 9.79 Å². The summed E-state index contributed by atoms with van der Waals surface area (Å²) in [5, 5.41) is 0. The van der Waals surface area contributed by atoms with E-state index >= 15 is 0 Å². The summed E-state index contributed by atoms with van der Waals surface area (Å²) in [6.45, 7) is 0. The summed E-state index contributed by atoms with van der Waals surface area (Å²) in [6, 6.07) is 1.73. The van der Waals surface area contributed by atoms with Gasteiger partial charge < -0.3 is 0 Å². The van der Waals surface area contributed by atoms with Crippen molar-refractivity contribution < 1.29 is 13.6 Å². The largest absolute Gasteiger partial charge is 0.294 e. The number of halogens is 2. The lowest BCUT2D eigenvalue weighted by Gasteiger charge is -2.08. The highest BCUT2D eigenvalue weighted by Gasteiger charge is 2.18. The first-order valence-electron chi connectivity index (χ1n) is 3.73. The number of carbonyl (C=O) groups is 1. The van der Waals surface area contributed by atoms with Crippen molar-refractivity contribution in [3.05, 3.63) is 29.3 Å². The molecular formula is C9H5F2NO. The van der Waals surface area contributed by atoms with E-state index in [0.717, 1.165) is 12.1 Å². The Morgan fingerprint density at radius 1 is 1.31 bits per heavy atom. The van der Waals surface area contributed by atoms with Crippen molar-refractivity contribution in [2.45, 2.75) is 6.42 Å². The third-order valence-electron chi connectivity index (χ3n) is 1.83. The van der Waals surface area contributed by atoms with Gasteiger partial charge in [-0.1, -0.05) is 0 Å². The molecule has 13 heavy (non-hydrogen) atoms. The smallest absolute Gasteiger partial charge is 0.170 e. The average molecular weight is 181 g/mol.